The summed E-state index contributed by atoms with van der Waals surface area (Å²) in [6, 6.07) is 27.0. The van der Waals surface area contributed by atoms with Gasteiger partial charge in [-0.25, -0.2) is 0 Å². The molecule has 0 fully saturated rings. The van der Waals surface area contributed by atoms with E-state index in [4.69, 9.17) is 0 Å². The van der Waals surface area contributed by atoms with Crippen LogP contribution < -0.4 is 0 Å². The van der Waals surface area contributed by atoms with Crippen molar-refractivity contribution in [3.63, 3.8) is 0 Å². The zero-order valence-corrected chi connectivity index (χ0v) is 12.6. The summed E-state index contributed by atoms with van der Waals surface area (Å²) in [5, 5.41) is 11.2. The molecule has 0 nitrogen and oxygen atoms in total. The number of benzene rings is 5. The highest BCUT2D eigenvalue weighted by Crippen LogP contribution is 2.42. The Morgan fingerprint density at radius 2 is 1.30 bits per heavy atom. The molecule has 0 amide bonds. The third-order valence-corrected chi connectivity index (χ3v) is 5.41. The van der Waals surface area contributed by atoms with E-state index in [0.29, 0.717) is 0 Å². The maximum absolute atomic E-state index is 2.43. The predicted octanol–water partition coefficient (Wildman–Crippen LogP) is 6.20. The summed E-state index contributed by atoms with van der Waals surface area (Å²) in [5.41, 5.74) is 2.96. The van der Waals surface area contributed by atoms with Gasteiger partial charge in [0.05, 0.1) is 0 Å². The van der Waals surface area contributed by atoms with Crippen molar-refractivity contribution in [2.24, 2.45) is 0 Å². The Bertz CT molecular complexity index is 1280. The fourth-order valence-electron chi connectivity index (χ4n) is 4.44. The van der Waals surface area contributed by atoms with Gasteiger partial charge in [0.25, 0.3) is 0 Å². The van der Waals surface area contributed by atoms with E-state index in [1.807, 2.05) is 0 Å². The first-order valence-electron chi connectivity index (χ1n) is 8.18. The second-order valence-electron chi connectivity index (χ2n) is 6.60. The largest absolute Gasteiger partial charge is 0.0616 e. The van der Waals surface area contributed by atoms with E-state index >= 15 is 0 Å². The monoisotopic (exact) mass is 290 g/mol. The van der Waals surface area contributed by atoms with Crippen molar-refractivity contribution in [2.45, 2.75) is 6.42 Å². The summed E-state index contributed by atoms with van der Waals surface area (Å²) < 4.78 is 0. The topological polar surface area (TPSA) is 0 Å². The Morgan fingerprint density at radius 3 is 2.30 bits per heavy atom. The van der Waals surface area contributed by atoms with Crippen LogP contribution in [-0.2, 0) is 6.42 Å². The zero-order valence-electron chi connectivity index (χ0n) is 12.6. The first-order valence-corrected chi connectivity index (χ1v) is 8.18. The second kappa shape index (κ2) is 3.91. The molecule has 1 aliphatic carbocycles. The molecule has 0 bridgehead atoms. The van der Waals surface area contributed by atoms with Gasteiger partial charge in [-0.3, -0.25) is 0 Å². The van der Waals surface area contributed by atoms with Crippen LogP contribution in [-0.4, -0.2) is 0 Å². The van der Waals surface area contributed by atoms with E-state index in [-0.39, 0.29) is 0 Å². The molecule has 0 saturated heterocycles. The molecule has 0 atom stereocenters. The standard InChI is InChI=1S/C23H14/c1-2-7-18-14(4-1)8-10-19-20-11-9-15-5-3-6-16-12-17(13-21(18)19)23(20)22(15)16/h1-11,13H,12H2. The van der Waals surface area contributed by atoms with Crippen molar-refractivity contribution in [1.82, 2.24) is 0 Å². The van der Waals surface area contributed by atoms with Crippen LogP contribution in [0.25, 0.3) is 43.1 Å². The lowest BCUT2D eigenvalue weighted by atomic mass is 9.93. The summed E-state index contributed by atoms with van der Waals surface area (Å²) in [6.45, 7) is 0. The molecule has 0 spiro atoms. The van der Waals surface area contributed by atoms with Crippen LogP contribution in [0.4, 0.5) is 0 Å². The van der Waals surface area contributed by atoms with Crippen LogP contribution in [0.1, 0.15) is 11.1 Å². The van der Waals surface area contributed by atoms with Crippen molar-refractivity contribution in [3.8, 4) is 0 Å². The summed E-state index contributed by atoms with van der Waals surface area (Å²) in [7, 11) is 0. The number of hydrogen-bond acceptors (Lipinski definition) is 0. The summed E-state index contributed by atoms with van der Waals surface area (Å²) in [5.74, 6) is 0. The molecular weight excluding hydrogens is 276 g/mol. The van der Waals surface area contributed by atoms with Gasteiger partial charge in [-0.2, -0.15) is 0 Å². The predicted molar refractivity (Wildman–Crippen MR) is 99.3 cm³/mol. The molecule has 5 aromatic carbocycles. The summed E-state index contributed by atoms with van der Waals surface area (Å²) >= 11 is 0. The fourth-order valence-corrected chi connectivity index (χ4v) is 4.44. The molecule has 0 N–H and O–H groups in total. The van der Waals surface area contributed by atoms with E-state index in [9.17, 15) is 0 Å². The van der Waals surface area contributed by atoms with Gasteiger partial charge in [-0.1, -0.05) is 66.7 Å². The van der Waals surface area contributed by atoms with E-state index in [0.717, 1.165) is 6.42 Å². The van der Waals surface area contributed by atoms with Gasteiger partial charge < -0.3 is 0 Å². The van der Waals surface area contributed by atoms with Crippen LogP contribution in [0.5, 0.6) is 0 Å². The van der Waals surface area contributed by atoms with Gasteiger partial charge in [-0.05, 0) is 66.7 Å². The van der Waals surface area contributed by atoms with Crippen LogP contribution in [0.2, 0.25) is 0 Å². The first kappa shape index (κ1) is 11.7. The first-order chi connectivity index (χ1) is 11.4. The molecule has 0 aromatic heterocycles. The lowest BCUT2D eigenvalue weighted by Crippen LogP contribution is -1.84. The molecule has 0 radical (unpaired) electrons. The normalized spacial score (nSPS) is 13.0. The van der Waals surface area contributed by atoms with Crippen molar-refractivity contribution in [3.05, 3.63) is 83.9 Å². The minimum Gasteiger partial charge on any atom is -0.0616 e. The number of fused-ring (bicyclic) bond motifs is 4. The molecule has 23 heavy (non-hydrogen) atoms. The summed E-state index contributed by atoms with van der Waals surface area (Å²) in [4.78, 5) is 0. The van der Waals surface area contributed by atoms with Gasteiger partial charge in [-0.15, -0.1) is 0 Å². The molecule has 5 aromatic rings. The highest BCUT2D eigenvalue weighted by Gasteiger charge is 2.19. The van der Waals surface area contributed by atoms with Gasteiger partial charge >= 0.3 is 0 Å². The van der Waals surface area contributed by atoms with Crippen LogP contribution >= 0.6 is 0 Å². The lowest BCUT2D eigenvalue weighted by molar-refractivity contribution is 1.28. The Labute approximate surface area is 134 Å². The van der Waals surface area contributed by atoms with E-state index in [1.54, 1.807) is 0 Å². The molecular formula is C23H14. The molecule has 106 valence electrons. The second-order valence-corrected chi connectivity index (χ2v) is 6.60. The SMILES string of the molecule is c1ccc2c(c1)ccc1c2cc2c3c1ccc1cccc(c13)C2. The van der Waals surface area contributed by atoms with Gasteiger partial charge in [0.15, 0.2) is 0 Å². The molecule has 1 aliphatic rings. The van der Waals surface area contributed by atoms with Crippen molar-refractivity contribution in [2.75, 3.05) is 0 Å². The van der Waals surface area contributed by atoms with E-state index in [1.165, 1.54) is 54.2 Å². The smallest absolute Gasteiger partial charge is 0.00128 e. The lowest BCUT2D eigenvalue weighted by Gasteiger charge is -2.10. The highest BCUT2D eigenvalue weighted by atomic mass is 14.2. The van der Waals surface area contributed by atoms with E-state index < -0.39 is 0 Å². The quantitative estimate of drug-likeness (QED) is 0.292. The minimum atomic E-state index is 1.06. The average molecular weight is 290 g/mol. The van der Waals surface area contributed by atoms with Crippen molar-refractivity contribution in [1.29, 1.82) is 0 Å². The van der Waals surface area contributed by atoms with Gasteiger partial charge in [0, 0.05) is 0 Å². The molecule has 0 unspecified atom stereocenters. The zero-order chi connectivity index (χ0) is 15.0. The molecule has 0 heteroatoms. The average Bonchev–Trinajstić information content (AvgIpc) is 2.98. The minimum absolute atomic E-state index is 1.06. The Balaban J connectivity index is 1.93. The van der Waals surface area contributed by atoms with Gasteiger partial charge in [0.1, 0.15) is 0 Å². The Hall–Kier alpha value is -2.86. The van der Waals surface area contributed by atoms with Crippen LogP contribution in [0, 0.1) is 0 Å². The maximum Gasteiger partial charge on any atom is -0.00128 e. The van der Waals surface area contributed by atoms with Crippen molar-refractivity contribution < 1.29 is 0 Å². The molecule has 6 rings (SSSR count). The fraction of sp³-hybridized carbons (Fsp3) is 0.0435. The number of hydrogen-bond donors (Lipinski definition) is 0. The molecule has 0 saturated carbocycles. The van der Waals surface area contributed by atoms with E-state index in [2.05, 4.69) is 72.8 Å². The Morgan fingerprint density at radius 1 is 0.478 bits per heavy atom. The number of rotatable bonds is 0. The van der Waals surface area contributed by atoms with Crippen molar-refractivity contribution >= 4 is 43.1 Å². The van der Waals surface area contributed by atoms with Gasteiger partial charge in [0.2, 0.25) is 0 Å². The molecule has 0 heterocycles. The molecule has 0 aliphatic heterocycles. The maximum atomic E-state index is 2.43. The highest BCUT2D eigenvalue weighted by molar-refractivity contribution is 6.25. The Kier molecular flexibility index (Phi) is 1.98. The summed E-state index contributed by atoms with van der Waals surface area (Å²) in [6.07, 6.45) is 1.06. The van der Waals surface area contributed by atoms with Crippen LogP contribution in [0.3, 0.4) is 0 Å². The van der Waals surface area contributed by atoms with Crippen LogP contribution in [0.15, 0.2) is 72.8 Å². The third kappa shape index (κ3) is 1.37. The third-order valence-electron chi connectivity index (χ3n) is 5.41.